The highest BCUT2D eigenvalue weighted by atomic mass is 16.5. The maximum absolute atomic E-state index is 10.8. The summed E-state index contributed by atoms with van der Waals surface area (Å²) in [5.74, 6) is 0.559. The number of ether oxygens (including phenoxy) is 1. The predicted octanol–water partition coefficient (Wildman–Crippen LogP) is 1.37. The normalized spacial score (nSPS) is 9.57. The van der Waals surface area contributed by atoms with Crippen molar-refractivity contribution in [1.29, 1.82) is 0 Å². The predicted molar refractivity (Wildman–Crippen MR) is 54.1 cm³/mol. The Morgan fingerprint density at radius 1 is 1.57 bits per heavy atom. The van der Waals surface area contributed by atoms with E-state index in [0.29, 0.717) is 13.0 Å². The molecule has 14 heavy (non-hydrogen) atoms. The van der Waals surface area contributed by atoms with E-state index in [1.54, 1.807) is 6.20 Å². The number of rotatable bonds is 4. The van der Waals surface area contributed by atoms with E-state index in [1.165, 1.54) is 7.11 Å². The Morgan fingerprint density at radius 2 is 2.36 bits per heavy atom. The van der Waals surface area contributed by atoms with Gasteiger partial charge in [0.05, 0.1) is 13.5 Å². The molecule has 0 aliphatic carbocycles. The minimum absolute atomic E-state index is 0.218. The monoisotopic (exact) mass is 194 g/mol. The van der Waals surface area contributed by atoms with Crippen molar-refractivity contribution in [3.05, 3.63) is 23.9 Å². The first-order valence-electron chi connectivity index (χ1n) is 4.45. The van der Waals surface area contributed by atoms with Crippen LogP contribution in [-0.4, -0.2) is 24.6 Å². The average Bonchev–Trinajstić information content (AvgIpc) is 2.21. The van der Waals surface area contributed by atoms with Gasteiger partial charge in [-0.25, -0.2) is 4.98 Å². The standard InChI is InChI=1S/C10H14N2O2/c1-8-3-4-9(12-7-8)11-6-5-10(13)14-2/h3-4,7H,5-6H2,1-2H3,(H,11,12). The average molecular weight is 194 g/mol. The van der Waals surface area contributed by atoms with E-state index in [9.17, 15) is 4.79 Å². The number of carbonyl (C=O) groups is 1. The number of pyridine rings is 1. The van der Waals surface area contributed by atoms with Crippen LogP contribution in [0.25, 0.3) is 0 Å². The molecule has 0 fully saturated rings. The van der Waals surface area contributed by atoms with Crippen molar-refractivity contribution in [2.45, 2.75) is 13.3 Å². The minimum Gasteiger partial charge on any atom is -0.469 e. The summed E-state index contributed by atoms with van der Waals surface area (Å²) in [6.07, 6.45) is 2.13. The van der Waals surface area contributed by atoms with Crippen LogP contribution in [0, 0.1) is 6.92 Å². The molecule has 0 saturated carbocycles. The Hall–Kier alpha value is -1.58. The van der Waals surface area contributed by atoms with Gasteiger partial charge < -0.3 is 10.1 Å². The van der Waals surface area contributed by atoms with Gasteiger partial charge in [0.2, 0.25) is 0 Å². The molecule has 1 aromatic rings. The first-order chi connectivity index (χ1) is 6.72. The van der Waals surface area contributed by atoms with Gasteiger partial charge in [-0.3, -0.25) is 4.79 Å². The highest BCUT2D eigenvalue weighted by molar-refractivity contribution is 5.69. The third kappa shape index (κ3) is 3.43. The van der Waals surface area contributed by atoms with Gasteiger partial charge in [-0.15, -0.1) is 0 Å². The van der Waals surface area contributed by atoms with E-state index < -0.39 is 0 Å². The number of methoxy groups -OCH3 is 1. The zero-order chi connectivity index (χ0) is 10.4. The molecule has 0 unspecified atom stereocenters. The van der Waals surface area contributed by atoms with Crippen molar-refractivity contribution in [2.75, 3.05) is 19.0 Å². The van der Waals surface area contributed by atoms with Crippen LogP contribution in [0.5, 0.6) is 0 Å². The summed E-state index contributed by atoms with van der Waals surface area (Å²) in [4.78, 5) is 14.9. The van der Waals surface area contributed by atoms with Crippen molar-refractivity contribution >= 4 is 11.8 Å². The van der Waals surface area contributed by atoms with Gasteiger partial charge in [0.1, 0.15) is 5.82 Å². The molecule has 0 amide bonds. The molecule has 0 bridgehead atoms. The summed E-state index contributed by atoms with van der Waals surface area (Å²) >= 11 is 0. The van der Waals surface area contributed by atoms with Crippen molar-refractivity contribution in [3.8, 4) is 0 Å². The molecule has 0 aromatic carbocycles. The zero-order valence-electron chi connectivity index (χ0n) is 8.41. The van der Waals surface area contributed by atoms with Crippen LogP contribution in [0.1, 0.15) is 12.0 Å². The molecular weight excluding hydrogens is 180 g/mol. The van der Waals surface area contributed by atoms with Gasteiger partial charge in [-0.1, -0.05) is 6.07 Å². The lowest BCUT2D eigenvalue weighted by Gasteiger charge is -2.04. The summed E-state index contributed by atoms with van der Waals surface area (Å²) in [6, 6.07) is 3.85. The molecule has 1 N–H and O–H groups in total. The summed E-state index contributed by atoms with van der Waals surface area (Å²) in [6.45, 7) is 2.52. The fourth-order valence-corrected chi connectivity index (χ4v) is 0.967. The SMILES string of the molecule is COC(=O)CCNc1ccc(C)cn1. The first kappa shape index (κ1) is 10.5. The molecule has 1 aromatic heterocycles. The maximum Gasteiger partial charge on any atom is 0.307 e. The molecule has 1 rings (SSSR count). The summed E-state index contributed by atoms with van der Waals surface area (Å²) in [7, 11) is 1.38. The molecule has 4 heteroatoms. The van der Waals surface area contributed by atoms with Crippen molar-refractivity contribution in [2.24, 2.45) is 0 Å². The van der Waals surface area contributed by atoms with E-state index in [4.69, 9.17) is 0 Å². The lowest BCUT2D eigenvalue weighted by molar-refractivity contribution is -0.140. The van der Waals surface area contributed by atoms with Gasteiger partial charge in [0.25, 0.3) is 0 Å². The Balaban J connectivity index is 2.31. The number of anilines is 1. The Bertz CT molecular complexity index is 295. The summed E-state index contributed by atoms with van der Waals surface area (Å²) in [5.41, 5.74) is 1.11. The second-order valence-corrected chi connectivity index (χ2v) is 2.97. The lowest BCUT2D eigenvalue weighted by Crippen LogP contribution is -2.10. The Labute approximate surface area is 83.3 Å². The minimum atomic E-state index is -0.218. The number of carbonyl (C=O) groups excluding carboxylic acids is 1. The molecule has 0 radical (unpaired) electrons. The van der Waals surface area contributed by atoms with Gasteiger partial charge >= 0.3 is 5.97 Å². The fraction of sp³-hybridized carbons (Fsp3) is 0.400. The Kier molecular flexibility index (Phi) is 3.91. The largest absolute Gasteiger partial charge is 0.469 e. The quantitative estimate of drug-likeness (QED) is 0.735. The molecule has 1 heterocycles. The van der Waals surface area contributed by atoms with Crippen LogP contribution in [0.4, 0.5) is 5.82 Å². The van der Waals surface area contributed by atoms with E-state index >= 15 is 0 Å². The highest BCUT2D eigenvalue weighted by Gasteiger charge is 1.99. The molecule has 0 saturated heterocycles. The highest BCUT2D eigenvalue weighted by Crippen LogP contribution is 2.03. The van der Waals surface area contributed by atoms with Crippen molar-refractivity contribution in [3.63, 3.8) is 0 Å². The molecule has 0 aliphatic heterocycles. The molecule has 0 atom stereocenters. The van der Waals surface area contributed by atoms with E-state index in [-0.39, 0.29) is 5.97 Å². The van der Waals surface area contributed by atoms with E-state index in [1.807, 2.05) is 19.1 Å². The van der Waals surface area contributed by atoms with Crippen molar-refractivity contribution in [1.82, 2.24) is 4.98 Å². The van der Waals surface area contributed by atoms with Crippen LogP contribution in [0.2, 0.25) is 0 Å². The van der Waals surface area contributed by atoms with E-state index in [2.05, 4.69) is 15.0 Å². The van der Waals surface area contributed by atoms with Gasteiger partial charge in [0.15, 0.2) is 0 Å². The topological polar surface area (TPSA) is 51.2 Å². The molecule has 0 spiro atoms. The smallest absolute Gasteiger partial charge is 0.307 e. The first-order valence-corrected chi connectivity index (χ1v) is 4.45. The number of nitrogens with one attached hydrogen (secondary N) is 1. The maximum atomic E-state index is 10.8. The number of nitrogens with zero attached hydrogens (tertiary/aromatic N) is 1. The summed E-state index contributed by atoms with van der Waals surface area (Å²) < 4.78 is 4.51. The van der Waals surface area contributed by atoms with Gasteiger partial charge in [-0.2, -0.15) is 0 Å². The third-order valence-corrected chi connectivity index (χ3v) is 1.77. The third-order valence-electron chi connectivity index (χ3n) is 1.77. The van der Waals surface area contributed by atoms with Crippen molar-refractivity contribution < 1.29 is 9.53 Å². The number of aromatic nitrogens is 1. The molecule has 4 nitrogen and oxygen atoms in total. The van der Waals surface area contributed by atoms with E-state index in [0.717, 1.165) is 11.4 Å². The number of hydrogen-bond donors (Lipinski definition) is 1. The lowest BCUT2D eigenvalue weighted by atomic mass is 10.3. The van der Waals surface area contributed by atoms with Crippen LogP contribution >= 0.6 is 0 Å². The second kappa shape index (κ2) is 5.21. The van der Waals surface area contributed by atoms with Gasteiger partial charge in [-0.05, 0) is 18.6 Å². The molecule has 76 valence electrons. The van der Waals surface area contributed by atoms with Crippen LogP contribution in [0.15, 0.2) is 18.3 Å². The van der Waals surface area contributed by atoms with Crippen LogP contribution in [0.3, 0.4) is 0 Å². The second-order valence-electron chi connectivity index (χ2n) is 2.97. The number of hydrogen-bond acceptors (Lipinski definition) is 4. The molecule has 0 aliphatic rings. The van der Waals surface area contributed by atoms with Gasteiger partial charge in [0, 0.05) is 12.7 Å². The molecular formula is C10H14N2O2. The Morgan fingerprint density at radius 3 is 2.93 bits per heavy atom. The summed E-state index contributed by atoms with van der Waals surface area (Å²) in [5, 5.41) is 3.03. The fourth-order valence-electron chi connectivity index (χ4n) is 0.967. The number of aryl methyl sites for hydroxylation is 1. The van der Waals surface area contributed by atoms with Crippen LogP contribution in [-0.2, 0) is 9.53 Å². The number of esters is 1. The zero-order valence-corrected chi connectivity index (χ0v) is 8.41. The van der Waals surface area contributed by atoms with Crippen LogP contribution < -0.4 is 5.32 Å².